The molecule has 1 heterocycles. The van der Waals surface area contributed by atoms with E-state index in [1.807, 2.05) is 6.21 Å². The van der Waals surface area contributed by atoms with Crippen molar-refractivity contribution in [2.24, 2.45) is 5.10 Å². The van der Waals surface area contributed by atoms with Gasteiger partial charge in [0, 0.05) is 12.6 Å². The Balaban J connectivity index is 2.00. The number of hydrogen-bond donors (Lipinski definition) is 1. The topological polar surface area (TPSA) is 24.4 Å². The van der Waals surface area contributed by atoms with Gasteiger partial charge >= 0.3 is 0 Å². The van der Waals surface area contributed by atoms with E-state index < -0.39 is 0 Å². The van der Waals surface area contributed by atoms with Crippen LogP contribution in [0.5, 0.6) is 0 Å². The molecule has 0 bridgehead atoms. The average molecular weight is 138 g/mol. The Morgan fingerprint density at radius 1 is 1.20 bits per heavy atom. The first kappa shape index (κ1) is 6.20. The molecule has 1 aliphatic carbocycles. The fourth-order valence-electron chi connectivity index (χ4n) is 1.99. The first-order valence-corrected chi connectivity index (χ1v) is 4.20. The molecule has 2 heteroatoms. The Morgan fingerprint density at radius 2 is 2.00 bits per heavy atom. The highest BCUT2D eigenvalue weighted by Crippen LogP contribution is 2.32. The molecule has 2 nitrogen and oxygen atoms in total. The smallest absolute Gasteiger partial charge is 0.0598 e. The molecule has 1 spiro atoms. The monoisotopic (exact) mass is 138 g/mol. The number of rotatable bonds is 0. The molecule has 2 aliphatic rings. The second-order valence-electron chi connectivity index (χ2n) is 3.47. The second kappa shape index (κ2) is 2.26. The lowest BCUT2D eigenvalue weighted by Crippen LogP contribution is -2.40. The number of nitrogens with zero attached hydrogens (tertiary/aromatic N) is 1. The molecule has 10 heavy (non-hydrogen) atoms. The highest BCUT2D eigenvalue weighted by molar-refractivity contribution is 5.61. The lowest BCUT2D eigenvalue weighted by Gasteiger charge is -2.32. The molecule has 0 aromatic carbocycles. The molecule has 1 aliphatic heterocycles. The summed E-state index contributed by atoms with van der Waals surface area (Å²) in [5.41, 5.74) is 3.64. The minimum Gasteiger partial charge on any atom is -0.304 e. The quantitative estimate of drug-likeness (QED) is 0.541. The maximum atomic E-state index is 4.09. The van der Waals surface area contributed by atoms with E-state index in [0.717, 1.165) is 6.42 Å². The van der Waals surface area contributed by atoms with Gasteiger partial charge in [-0.25, -0.2) is 0 Å². The molecule has 0 unspecified atom stereocenters. The Labute approximate surface area is 61.7 Å². The first-order valence-electron chi connectivity index (χ1n) is 4.20. The summed E-state index contributed by atoms with van der Waals surface area (Å²) in [5.74, 6) is 0. The van der Waals surface area contributed by atoms with Crippen LogP contribution in [0.1, 0.15) is 38.5 Å². The average Bonchev–Trinajstić information content (AvgIpc) is 2.39. The van der Waals surface area contributed by atoms with Gasteiger partial charge in [0.2, 0.25) is 0 Å². The number of nitrogens with one attached hydrogen (secondary N) is 1. The van der Waals surface area contributed by atoms with E-state index in [-0.39, 0.29) is 0 Å². The van der Waals surface area contributed by atoms with Crippen molar-refractivity contribution in [3.8, 4) is 0 Å². The minimum absolute atomic E-state index is 0.401. The van der Waals surface area contributed by atoms with Crippen molar-refractivity contribution in [3.63, 3.8) is 0 Å². The van der Waals surface area contributed by atoms with E-state index in [1.165, 1.54) is 32.1 Å². The summed E-state index contributed by atoms with van der Waals surface area (Å²) in [6, 6.07) is 0. The van der Waals surface area contributed by atoms with Gasteiger partial charge in [0.15, 0.2) is 0 Å². The van der Waals surface area contributed by atoms with Crippen LogP contribution >= 0.6 is 0 Å². The van der Waals surface area contributed by atoms with Crippen molar-refractivity contribution in [3.05, 3.63) is 0 Å². The van der Waals surface area contributed by atoms with E-state index in [4.69, 9.17) is 0 Å². The third-order valence-electron chi connectivity index (χ3n) is 2.69. The summed E-state index contributed by atoms with van der Waals surface area (Å²) >= 11 is 0. The van der Waals surface area contributed by atoms with Gasteiger partial charge in [-0.2, -0.15) is 5.10 Å². The predicted molar refractivity (Wildman–Crippen MR) is 42.1 cm³/mol. The van der Waals surface area contributed by atoms with Gasteiger partial charge in [0.1, 0.15) is 0 Å². The molecule has 0 aromatic heterocycles. The maximum Gasteiger partial charge on any atom is 0.0598 e. The highest BCUT2D eigenvalue weighted by atomic mass is 15.3. The van der Waals surface area contributed by atoms with E-state index in [1.54, 1.807) is 0 Å². The van der Waals surface area contributed by atoms with Gasteiger partial charge in [-0.1, -0.05) is 19.3 Å². The summed E-state index contributed by atoms with van der Waals surface area (Å²) < 4.78 is 0. The third-order valence-corrected chi connectivity index (χ3v) is 2.69. The SMILES string of the molecule is C1=NNC2(C1)CCCCC2. The highest BCUT2D eigenvalue weighted by Gasteiger charge is 2.32. The summed E-state index contributed by atoms with van der Waals surface area (Å²) in [5, 5.41) is 4.09. The minimum atomic E-state index is 0.401. The van der Waals surface area contributed by atoms with Crippen LogP contribution in [0.15, 0.2) is 5.10 Å². The van der Waals surface area contributed by atoms with Crippen molar-refractivity contribution in [1.82, 2.24) is 5.43 Å². The predicted octanol–water partition coefficient (Wildman–Crippen LogP) is 1.67. The van der Waals surface area contributed by atoms with Crippen LogP contribution in [-0.2, 0) is 0 Å². The Morgan fingerprint density at radius 3 is 2.60 bits per heavy atom. The summed E-state index contributed by atoms with van der Waals surface area (Å²) in [4.78, 5) is 0. The Bertz CT molecular complexity index is 135. The van der Waals surface area contributed by atoms with Gasteiger partial charge in [0.25, 0.3) is 0 Å². The standard InChI is InChI=1S/C8H14N2/c1-2-4-8(5-3-1)6-7-9-10-8/h7,10H,1-6H2. The molecule has 1 N–H and O–H groups in total. The van der Waals surface area contributed by atoms with Crippen LogP contribution in [0, 0.1) is 0 Å². The summed E-state index contributed by atoms with van der Waals surface area (Å²) in [7, 11) is 0. The first-order chi connectivity index (χ1) is 4.91. The van der Waals surface area contributed by atoms with Crippen LogP contribution in [-0.4, -0.2) is 11.8 Å². The zero-order chi connectivity index (χ0) is 6.86. The zero-order valence-electron chi connectivity index (χ0n) is 6.27. The molecule has 2 rings (SSSR count). The Kier molecular flexibility index (Phi) is 1.40. The van der Waals surface area contributed by atoms with Crippen LogP contribution in [0.2, 0.25) is 0 Å². The fourth-order valence-corrected chi connectivity index (χ4v) is 1.99. The van der Waals surface area contributed by atoms with Gasteiger partial charge in [-0.15, -0.1) is 0 Å². The van der Waals surface area contributed by atoms with Crippen LogP contribution in [0.25, 0.3) is 0 Å². The lowest BCUT2D eigenvalue weighted by molar-refractivity contribution is 0.259. The zero-order valence-corrected chi connectivity index (χ0v) is 6.27. The number of hydrazone groups is 1. The van der Waals surface area contributed by atoms with E-state index in [9.17, 15) is 0 Å². The van der Waals surface area contributed by atoms with Gasteiger partial charge in [-0.05, 0) is 12.8 Å². The Hall–Kier alpha value is -0.530. The molecular weight excluding hydrogens is 124 g/mol. The van der Waals surface area contributed by atoms with E-state index in [2.05, 4.69) is 10.5 Å². The van der Waals surface area contributed by atoms with Crippen LogP contribution in [0.3, 0.4) is 0 Å². The molecular formula is C8H14N2. The van der Waals surface area contributed by atoms with Crippen molar-refractivity contribution in [2.45, 2.75) is 44.1 Å². The van der Waals surface area contributed by atoms with Gasteiger partial charge in [0.05, 0.1) is 5.54 Å². The van der Waals surface area contributed by atoms with Crippen molar-refractivity contribution < 1.29 is 0 Å². The van der Waals surface area contributed by atoms with Crippen molar-refractivity contribution >= 4 is 6.21 Å². The summed E-state index contributed by atoms with van der Waals surface area (Å²) in [6.45, 7) is 0. The molecule has 0 atom stereocenters. The van der Waals surface area contributed by atoms with Crippen LogP contribution < -0.4 is 5.43 Å². The molecule has 56 valence electrons. The third kappa shape index (κ3) is 0.917. The van der Waals surface area contributed by atoms with Gasteiger partial charge in [-0.3, -0.25) is 0 Å². The van der Waals surface area contributed by atoms with E-state index in [0.29, 0.717) is 5.54 Å². The normalized spacial score (nSPS) is 28.8. The number of hydrogen-bond acceptors (Lipinski definition) is 2. The van der Waals surface area contributed by atoms with E-state index >= 15 is 0 Å². The molecule has 0 radical (unpaired) electrons. The largest absolute Gasteiger partial charge is 0.304 e. The fraction of sp³-hybridized carbons (Fsp3) is 0.875. The summed E-state index contributed by atoms with van der Waals surface area (Å²) in [6.07, 6.45) is 10.0. The molecule has 1 saturated carbocycles. The van der Waals surface area contributed by atoms with Gasteiger partial charge < -0.3 is 5.43 Å². The molecule has 1 fully saturated rings. The van der Waals surface area contributed by atoms with Crippen molar-refractivity contribution in [2.75, 3.05) is 0 Å². The lowest BCUT2D eigenvalue weighted by atomic mass is 9.81. The van der Waals surface area contributed by atoms with Crippen molar-refractivity contribution in [1.29, 1.82) is 0 Å². The molecule has 0 aromatic rings. The second-order valence-corrected chi connectivity index (χ2v) is 3.47. The maximum absolute atomic E-state index is 4.09. The molecule has 0 saturated heterocycles. The van der Waals surface area contributed by atoms with Crippen LogP contribution in [0.4, 0.5) is 0 Å². The molecule has 0 amide bonds.